The van der Waals surface area contributed by atoms with Crippen LogP contribution in [0.3, 0.4) is 0 Å². The minimum absolute atomic E-state index is 0.289. The Morgan fingerprint density at radius 3 is 2.61 bits per heavy atom. The molecule has 1 aliphatic heterocycles. The summed E-state index contributed by atoms with van der Waals surface area (Å²) in [7, 11) is 0. The van der Waals surface area contributed by atoms with Gasteiger partial charge in [0, 0.05) is 6.04 Å². The van der Waals surface area contributed by atoms with Crippen LogP contribution in [0, 0.1) is 5.92 Å². The zero-order valence-electron chi connectivity index (χ0n) is 11.2. The lowest BCUT2D eigenvalue weighted by Crippen LogP contribution is -2.46. The first-order chi connectivity index (χ1) is 8.75. The van der Waals surface area contributed by atoms with Gasteiger partial charge in [0.1, 0.15) is 0 Å². The number of likely N-dealkylation sites (tertiary alicyclic amines) is 1. The summed E-state index contributed by atoms with van der Waals surface area (Å²) in [6.45, 7) is 4.65. The Morgan fingerprint density at radius 2 is 1.83 bits per heavy atom. The van der Waals surface area contributed by atoms with Crippen LogP contribution in [0.5, 0.6) is 0 Å². The molecule has 2 atom stereocenters. The number of piperidine rings is 1. The summed E-state index contributed by atoms with van der Waals surface area (Å²) < 4.78 is 0. The van der Waals surface area contributed by atoms with Gasteiger partial charge in [-0.15, -0.1) is 0 Å². The van der Waals surface area contributed by atoms with Gasteiger partial charge in [0.05, 0.1) is 6.10 Å². The predicted octanol–water partition coefficient (Wildman–Crippen LogP) is 2.77. The third kappa shape index (κ3) is 2.19. The Morgan fingerprint density at radius 1 is 1.11 bits per heavy atom. The van der Waals surface area contributed by atoms with Gasteiger partial charge in [-0.25, -0.2) is 0 Å². The molecule has 0 spiro atoms. The minimum atomic E-state index is -0.289. The minimum Gasteiger partial charge on any atom is -0.387 e. The molecule has 1 aromatic carbocycles. The molecular weight excluding hydrogens is 222 g/mol. The Kier molecular flexibility index (Phi) is 3.40. The van der Waals surface area contributed by atoms with Crippen LogP contribution in [0.1, 0.15) is 43.4 Å². The van der Waals surface area contributed by atoms with Gasteiger partial charge in [-0.1, -0.05) is 31.2 Å². The normalized spacial score (nSPS) is 30.1. The zero-order valence-corrected chi connectivity index (χ0v) is 11.2. The lowest BCUT2D eigenvalue weighted by molar-refractivity contribution is 0.0190. The lowest BCUT2D eigenvalue weighted by atomic mass is 9.84. The van der Waals surface area contributed by atoms with Crippen LogP contribution >= 0.6 is 0 Å². The molecule has 0 saturated carbocycles. The monoisotopic (exact) mass is 245 g/mol. The molecule has 18 heavy (non-hydrogen) atoms. The summed E-state index contributed by atoms with van der Waals surface area (Å²) in [5.41, 5.74) is 2.50. The average Bonchev–Trinajstić information content (AvgIpc) is 2.41. The predicted molar refractivity (Wildman–Crippen MR) is 73.5 cm³/mol. The van der Waals surface area contributed by atoms with Crippen molar-refractivity contribution in [1.29, 1.82) is 0 Å². The molecule has 2 aliphatic rings. The lowest BCUT2D eigenvalue weighted by Gasteiger charge is -2.41. The molecule has 1 fully saturated rings. The van der Waals surface area contributed by atoms with Crippen molar-refractivity contribution in [2.24, 2.45) is 5.92 Å². The van der Waals surface area contributed by atoms with Crippen molar-refractivity contribution in [2.75, 3.05) is 13.1 Å². The summed E-state index contributed by atoms with van der Waals surface area (Å²) in [4.78, 5) is 2.51. The number of hydrogen-bond donors (Lipinski definition) is 1. The fourth-order valence-electron chi connectivity index (χ4n) is 3.46. The molecule has 1 aromatic rings. The first-order valence-electron chi connectivity index (χ1n) is 7.25. The van der Waals surface area contributed by atoms with Crippen LogP contribution in [0.2, 0.25) is 0 Å². The second-order valence-electron chi connectivity index (χ2n) is 5.97. The highest BCUT2D eigenvalue weighted by Gasteiger charge is 2.33. The van der Waals surface area contributed by atoms with Gasteiger partial charge >= 0.3 is 0 Å². The van der Waals surface area contributed by atoms with Crippen molar-refractivity contribution in [2.45, 2.75) is 44.8 Å². The average molecular weight is 245 g/mol. The molecule has 1 saturated heterocycles. The van der Waals surface area contributed by atoms with E-state index in [1.807, 2.05) is 6.07 Å². The van der Waals surface area contributed by atoms with E-state index >= 15 is 0 Å². The SMILES string of the molecule is CC1CCN(C2CCc3ccccc3C2O)CC1. The number of nitrogens with zero attached hydrogens (tertiary/aromatic N) is 1. The number of rotatable bonds is 1. The zero-order chi connectivity index (χ0) is 12.5. The second-order valence-corrected chi connectivity index (χ2v) is 5.97. The van der Waals surface area contributed by atoms with Crippen molar-refractivity contribution in [3.63, 3.8) is 0 Å². The standard InChI is InChI=1S/C16H23NO/c1-12-8-10-17(11-9-12)15-7-6-13-4-2-3-5-14(13)16(15)18/h2-5,12,15-16,18H,6-11H2,1H3. The van der Waals surface area contributed by atoms with Crippen LogP contribution in [0.15, 0.2) is 24.3 Å². The van der Waals surface area contributed by atoms with Crippen molar-refractivity contribution >= 4 is 0 Å². The molecule has 2 unspecified atom stereocenters. The van der Waals surface area contributed by atoms with Crippen molar-refractivity contribution in [3.8, 4) is 0 Å². The summed E-state index contributed by atoms with van der Waals surface area (Å²) in [6.07, 6.45) is 4.50. The van der Waals surface area contributed by atoms with Crippen LogP contribution in [-0.4, -0.2) is 29.1 Å². The number of hydrogen-bond acceptors (Lipinski definition) is 2. The maximum Gasteiger partial charge on any atom is 0.0947 e. The number of benzene rings is 1. The highest BCUT2D eigenvalue weighted by Crippen LogP contribution is 2.34. The summed E-state index contributed by atoms with van der Waals surface area (Å²) in [5.74, 6) is 0.856. The van der Waals surface area contributed by atoms with Crippen molar-refractivity contribution in [1.82, 2.24) is 4.90 Å². The van der Waals surface area contributed by atoms with E-state index in [4.69, 9.17) is 0 Å². The van der Waals surface area contributed by atoms with E-state index in [1.165, 1.54) is 18.4 Å². The number of aryl methyl sites for hydroxylation is 1. The summed E-state index contributed by atoms with van der Waals surface area (Å²) >= 11 is 0. The quantitative estimate of drug-likeness (QED) is 0.822. The first-order valence-corrected chi connectivity index (χ1v) is 7.25. The molecule has 1 N–H and O–H groups in total. The molecular formula is C16H23NO. The Hall–Kier alpha value is -0.860. The van der Waals surface area contributed by atoms with Crippen LogP contribution in [0.25, 0.3) is 0 Å². The van der Waals surface area contributed by atoms with E-state index in [-0.39, 0.29) is 6.10 Å². The van der Waals surface area contributed by atoms with Crippen LogP contribution < -0.4 is 0 Å². The van der Waals surface area contributed by atoms with E-state index in [0.29, 0.717) is 6.04 Å². The molecule has 0 amide bonds. The van der Waals surface area contributed by atoms with E-state index in [9.17, 15) is 5.11 Å². The maximum absolute atomic E-state index is 10.6. The van der Waals surface area contributed by atoms with Gasteiger partial charge in [0.15, 0.2) is 0 Å². The molecule has 3 rings (SSSR count). The molecule has 0 aromatic heterocycles. The van der Waals surface area contributed by atoms with E-state index in [2.05, 4.69) is 30.0 Å². The van der Waals surface area contributed by atoms with Gasteiger partial charge in [-0.3, -0.25) is 4.90 Å². The fourth-order valence-corrected chi connectivity index (χ4v) is 3.46. The number of fused-ring (bicyclic) bond motifs is 1. The topological polar surface area (TPSA) is 23.5 Å². The molecule has 98 valence electrons. The van der Waals surface area contributed by atoms with Crippen molar-refractivity contribution < 1.29 is 5.11 Å². The summed E-state index contributed by atoms with van der Waals surface area (Å²) in [5, 5.41) is 10.6. The van der Waals surface area contributed by atoms with E-state index < -0.39 is 0 Å². The molecule has 2 nitrogen and oxygen atoms in total. The van der Waals surface area contributed by atoms with Gasteiger partial charge in [-0.05, 0) is 55.8 Å². The van der Waals surface area contributed by atoms with Crippen molar-refractivity contribution in [3.05, 3.63) is 35.4 Å². The molecule has 1 aliphatic carbocycles. The molecule has 2 heteroatoms. The summed E-state index contributed by atoms with van der Waals surface area (Å²) in [6, 6.07) is 8.72. The van der Waals surface area contributed by atoms with Gasteiger partial charge in [0.2, 0.25) is 0 Å². The highest BCUT2D eigenvalue weighted by atomic mass is 16.3. The molecule has 1 heterocycles. The van der Waals surface area contributed by atoms with Gasteiger partial charge < -0.3 is 5.11 Å². The molecule has 0 bridgehead atoms. The number of aliphatic hydroxyl groups is 1. The third-order valence-electron chi connectivity index (χ3n) is 4.73. The van der Waals surface area contributed by atoms with E-state index in [1.54, 1.807) is 0 Å². The van der Waals surface area contributed by atoms with Crippen LogP contribution in [-0.2, 0) is 6.42 Å². The third-order valence-corrected chi connectivity index (χ3v) is 4.73. The number of aliphatic hydroxyl groups excluding tert-OH is 1. The Balaban J connectivity index is 1.76. The first kappa shape index (κ1) is 12.2. The smallest absolute Gasteiger partial charge is 0.0947 e. The van der Waals surface area contributed by atoms with E-state index in [0.717, 1.165) is 37.4 Å². The van der Waals surface area contributed by atoms with Gasteiger partial charge in [-0.2, -0.15) is 0 Å². The Labute approximate surface area is 110 Å². The Bertz CT molecular complexity index is 409. The second kappa shape index (κ2) is 5.02. The molecule has 0 radical (unpaired) electrons. The maximum atomic E-state index is 10.6. The van der Waals surface area contributed by atoms with Crippen LogP contribution in [0.4, 0.5) is 0 Å². The van der Waals surface area contributed by atoms with Gasteiger partial charge in [0.25, 0.3) is 0 Å². The highest BCUT2D eigenvalue weighted by molar-refractivity contribution is 5.32. The fraction of sp³-hybridized carbons (Fsp3) is 0.625. The largest absolute Gasteiger partial charge is 0.387 e.